The van der Waals surface area contributed by atoms with Crippen molar-refractivity contribution in [1.82, 2.24) is 4.57 Å². The molecule has 0 radical (unpaired) electrons. The molecular formula is C52H34N2O. The first-order valence-corrected chi connectivity index (χ1v) is 18.8. The highest BCUT2D eigenvalue weighted by Gasteiger charge is 2.18. The number of aromatic nitrogens is 1. The summed E-state index contributed by atoms with van der Waals surface area (Å²) in [5.41, 5.74) is 13.2. The van der Waals surface area contributed by atoms with Gasteiger partial charge in [-0.3, -0.25) is 0 Å². The van der Waals surface area contributed by atoms with Crippen molar-refractivity contribution in [2.75, 3.05) is 4.90 Å². The van der Waals surface area contributed by atoms with Crippen LogP contribution in [0, 0.1) is 0 Å². The number of furan rings is 1. The SMILES string of the molecule is c1ccc(-c2cccc(N(c3ccc(-c4ccc(-n5c6ccccc6c6c7ccccc7ccc65)cc4)cc3)c3ccc4c(c3)oc3ccccc34)c2)cc1. The third-order valence-electron chi connectivity index (χ3n) is 11.0. The smallest absolute Gasteiger partial charge is 0.137 e. The third-order valence-corrected chi connectivity index (χ3v) is 11.0. The summed E-state index contributed by atoms with van der Waals surface area (Å²) in [5, 5.41) is 7.35. The number of anilines is 3. The molecule has 0 fully saturated rings. The summed E-state index contributed by atoms with van der Waals surface area (Å²) >= 11 is 0. The van der Waals surface area contributed by atoms with E-state index in [9.17, 15) is 0 Å². The zero-order chi connectivity index (χ0) is 36.3. The van der Waals surface area contributed by atoms with E-state index in [1.807, 2.05) is 12.1 Å². The molecule has 0 bridgehead atoms. The van der Waals surface area contributed by atoms with Crippen molar-refractivity contribution in [3.05, 3.63) is 206 Å². The summed E-state index contributed by atoms with van der Waals surface area (Å²) in [6.07, 6.45) is 0. The maximum Gasteiger partial charge on any atom is 0.137 e. The van der Waals surface area contributed by atoms with Crippen molar-refractivity contribution in [1.29, 1.82) is 0 Å². The second-order valence-electron chi connectivity index (χ2n) is 14.2. The topological polar surface area (TPSA) is 21.3 Å². The Morgan fingerprint density at radius 2 is 0.964 bits per heavy atom. The number of benzene rings is 9. The number of hydrogen-bond donors (Lipinski definition) is 0. The number of fused-ring (bicyclic) bond motifs is 8. The first-order chi connectivity index (χ1) is 27.3. The predicted molar refractivity (Wildman–Crippen MR) is 231 cm³/mol. The van der Waals surface area contributed by atoms with Crippen LogP contribution >= 0.6 is 0 Å². The van der Waals surface area contributed by atoms with Gasteiger partial charge in [0.2, 0.25) is 0 Å². The fourth-order valence-corrected chi connectivity index (χ4v) is 8.38. The van der Waals surface area contributed by atoms with Gasteiger partial charge in [-0.15, -0.1) is 0 Å². The second kappa shape index (κ2) is 12.6. The van der Waals surface area contributed by atoms with Gasteiger partial charge in [0.1, 0.15) is 11.2 Å². The molecule has 3 nitrogen and oxygen atoms in total. The third kappa shape index (κ3) is 5.20. The summed E-state index contributed by atoms with van der Waals surface area (Å²) < 4.78 is 8.75. The molecule has 0 unspecified atom stereocenters. The molecule has 0 saturated heterocycles. The molecule has 0 aliphatic rings. The molecule has 55 heavy (non-hydrogen) atoms. The first kappa shape index (κ1) is 31.2. The minimum absolute atomic E-state index is 0.871. The van der Waals surface area contributed by atoms with Crippen LogP contribution < -0.4 is 4.90 Å². The predicted octanol–water partition coefficient (Wildman–Crippen LogP) is 14.6. The fraction of sp³-hybridized carbons (Fsp3) is 0. The molecule has 258 valence electrons. The molecule has 9 aromatic carbocycles. The molecule has 11 rings (SSSR count). The van der Waals surface area contributed by atoms with Crippen molar-refractivity contribution in [2.24, 2.45) is 0 Å². The largest absolute Gasteiger partial charge is 0.456 e. The molecule has 0 aliphatic carbocycles. The number of rotatable bonds is 6. The highest BCUT2D eigenvalue weighted by molar-refractivity contribution is 6.21. The van der Waals surface area contributed by atoms with Crippen molar-refractivity contribution in [2.45, 2.75) is 0 Å². The molecule has 3 heteroatoms. The van der Waals surface area contributed by atoms with Gasteiger partial charge >= 0.3 is 0 Å². The Labute approximate surface area is 318 Å². The van der Waals surface area contributed by atoms with Crippen molar-refractivity contribution in [3.63, 3.8) is 0 Å². The van der Waals surface area contributed by atoms with E-state index in [0.29, 0.717) is 0 Å². The molecule has 0 saturated carbocycles. The van der Waals surface area contributed by atoms with Crippen LogP contribution in [0.15, 0.2) is 211 Å². The highest BCUT2D eigenvalue weighted by atomic mass is 16.3. The molecule has 0 N–H and O–H groups in total. The Morgan fingerprint density at radius 1 is 0.345 bits per heavy atom. The van der Waals surface area contributed by atoms with Crippen LogP contribution in [0.3, 0.4) is 0 Å². The van der Waals surface area contributed by atoms with Gasteiger partial charge in [-0.2, -0.15) is 0 Å². The summed E-state index contributed by atoms with van der Waals surface area (Å²) in [5.74, 6) is 0. The van der Waals surface area contributed by atoms with E-state index >= 15 is 0 Å². The van der Waals surface area contributed by atoms with Gasteiger partial charge in [-0.25, -0.2) is 0 Å². The summed E-state index contributed by atoms with van der Waals surface area (Å²) in [7, 11) is 0. The Balaban J connectivity index is 0.984. The minimum atomic E-state index is 0.871. The molecule has 2 heterocycles. The minimum Gasteiger partial charge on any atom is -0.456 e. The molecule has 11 aromatic rings. The Morgan fingerprint density at radius 3 is 1.80 bits per heavy atom. The summed E-state index contributed by atoms with van der Waals surface area (Å²) in [4.78, 5) is 2.32. The van der Waals surface area contributed by atoms with Gasteiger partial charge in [-0.05, 0) is 99.8 Å². The Kier molecular flexibility index (Phi) is 7.17. The average molecular weight is 703 g/mol. The molecule has 2 aromatic heterocycles. The van der Waals surface area contributed by atoms with E-state index in [2.05, 4.69) is 204 Å². The van der Waals surface area contributed by atoms with E-state index in [1.54, 1.807) is 0 Å². The Hall–Kier alpha value is -7.36. The van der Waals surface area contributed by atoms with Crippen LogP contribution in [0.1, 0.15) is 0 Å². The molecule has 0 amide bonds. The number of nitrogens with zero attached hydrogens (tertiary/aromatic N) is 2. The standard InChI is InChI=1S/C52H34N2O/c1-2-11-35(12-3-1)39-14-10-15-42(33-39)53(43-30-31-46-45-17-7-9-20-50(45)55-51(46)34-43)40-26-21-36(22-27-40)37-23-28-41(29-24-37)54-48-19-8-6-18-47(48)52-44-16-5-4-13-38(44)25-32-49(52)54/h1-34H. The van der Waals surface area contributed by atoms with Crippen LogP contribution in [-0.4, -0.2) is 4.57 Å². The van der Waals surface area contributed by atoms with E-state index < -0.39 is 0 Å². The van der Waals surface area contributed by atoms with Crippen LogP contribution in [0.4, 0.5) is 17.1 Å². The van der Waals surface area contributed by atoms with Crippen LogP contribution in [0.2, 0.25) is 0 Å². The number of hydrogen-bond acceptors (Lipinski definition) is 2. The maximum atomic E-state index is 6.36. The monoisotopic (exact) mass is 702 g/mol. The van der Waals surface area contributed by atoms with Gasteiger partial charge in [0.05, 0.1) is 11.0 Å². The van der Waals surface area contributed by atoms with Gasteiger partial charge in [0.25, 0.3) is 0 Å². The van der Waals surface area contributed by atoms with Gasteiger partial charge in [-0.1, -0.05) is 133 Å². The van der Waals surface area contributed by atoms with Gasteiger partial charge in [0, 0.05) is 50.4 Å². The average Bonchev–Trinajstić information content (AvgIpc) is 3.80. The quantitative estimate of drug-likeness (QED) is 0.172. The summed E-state index contributed by atoms with van der Waals surface area (Å²) in [6.45, 7) is 0. The lowest BCUT2D eigenvalue weighted by Crippen LogP contribution is -2.10. The lowest BCUT2D eigenvalue weighted by molar-refractivity contribution is 0.669. The zero-order valence-corrected chi connectivity index (χ0v) is 29.9. The Bertz CT molecular complexity index is 3190. The van der Waals surface area contributed by atoms with Gasteiger partial charge < -0.3 is 13.9 Å². The second-order valence-corrected chi connectivity index (χ2v) is 14.2. The summed E-state index contributed by atoms with van der Waals surface area (Å²) in [6, 6.07) is 73.9. The molecule has 0 atom stereocenters. The first-order valence-electron chi connectivity index (χ1n) is 18.8. The van der Waals surface area contributed by atoms with E-state index in [1.165, 1.54) is 49.3 Å². The highest BCUT2D eigenvalue weighted by Crippen LogP contribution is 2.41. The fourth-order valence-electron chi connectivity index (χ4n) is 8.38. The van der Waals surface area contributed by atoms with Crippen LogP contribution in [0.5, 0.6) is 0 Å². The zero-order valence-electron chi connectivity index (χ0n) is 29.9. The van der Waals surface area contributed by atoms with Crippen LogP contribution in [0.25, 0.3) is 82.5 Å². The van der Waals surface area contributed by atoms with Crippen LogP contribution in [-0.2, 0) is 0 Å². The van der Waals surface area contributed by atoms with E-state index in [-0.39, 0.29) is 0 Å². The van der Waals surface area contributed by atoms with E-state index in [4.69, 9.17) is 4.42 Å². The van der Waals surface area contributed by atoms with E-state index in [0.717, 1.165) is 50.3 Å². The molecule has 0 spiro atoms. The maximum absolute atomic E-state index is 6.36. The lowest BCUT2D eigenvalue weighted by Gasteiger charge is -2.26. The van der Waals surface area contributed by atoms with Crippen molar-refractivity contribution >= 4 is 71.6 Å². The molecule has 0 aliphatic heterocycles. The number of para-hydroxylation sites is 2. The van der Waals surface area contributed by atoms with Crippen molar-refractivity contribution < 1.29 is 4.42 Å². The normalized spacial score (nSPS) is 11.6. The lowest BCUT2D eigenvalue weighted by atomic mass is 10.0. The van der Waals surface area contributed by atoms with Gasteiger partial charge in [0.15, 0.2) is 0 Å². The molecular weight excluding hydrogens is 669 g/mol. The van der Waals surface area contributed by atoms with Crippen molar-refractivity contribution in [3.8, 4) is 27.9 Å².